The first-order valence-corrected chi connectivity index (χ1v) is 6.95. The molecule has 0 saturated carbocycles. The van der Waals surface area contributed by atoms with Crippen LogP contribution in [-0.2, 0) is 9.59 Å². The van der Waals surface area contributed by atoms with Crippen molar-refractivity contribution >= 4 is 17.5 Å². The highest BCUT2D eigenvalue weighted by atomic mass is 19.1. The highest BCUT2D eigenvalue weighted by Crippen LogP contribution is 2.40. The lowest BCUT2D eigenvalue weighted by atomic mass is 9.96. The maximum absolute atomic E-state index is 14.2. The molecule has 0 radical (unpaired) electrons. The van der Waals surface area contributed by atoms with Gasteiger partial charge in [0, 0.05) is 11.8 Å². The lowest BCUT2D eigenvalue weighted by Gasteiger charge is -2.25. The maximum Gasteiger partial charge on any atom is 0.295 e. The van der Waals surface area contributed by atoms with E-state index in [0.717, 1.165) is 4.90 Å². The third-order valence-electron chi connectivity index (χ3n) is 3.68. The van der Waals surface area contributed by atoms with Gasteiger partial charge in [0.1, 0.15) is 11.6 Å². The number of rotatable bonds is 3. The number of aliphatic hydroxyl groups excluding tert-OH is 1. The number of pyridine rings is 1. The normalized spacial score (nSPS) is 17.7. The van der Waals surface area contributed by atoms with Gasteiger partial charge in [-0.3, -0.25) is 14.5 Å². The summed E-state index contributed by atoms with van der Waals surface area (Å²) in [4.78, 5) is 29.6. The minimum Gasteiger partial charge on any atom is -0.503 e. The molecule has 0 saturated heterocycles. The number of amides is 1. The molecule has 1 aliphatic rings. The van der Waals surface area contributed by atoms with Crippen molar-refractivity contribution in [1.29, 1.82) is 0 Å². The predicted molar refractivity (Wildman–Crippen MR) is 81.2 cm³/mol. The summed E-state index contributed by atoms with van der Waals surface area (Å²) in [5.41, 5.74) is -0.00786. The predicted octanol–water partition coefficient (Wildman–Crippen LogP) is 2.71. The Bertz CT molecular complexity index is 818. The van der Waals surface area contributed by atoms with Crippen molar-refractivity contribution in [2.75, 3.05) is 4.90 Å². The summed E-state index contributed by atoms with van der Waals surface area (Å²) in [5, 5.41) is 10.1. The smallest absolute Gasteiger partial charge is 0.295 e. The van der Waals surface area contributed by atoms with Crippen molar-refractivity contribution in [3.63, 3.8) is 0 Å². The Kier molecular flexibility index (Phi) is 3.65. The molecule has 2 heterocycles. The number of carbonyl (C=O) groups is 2. The van der Waals surface area contributed by atoms with Crippen LogP contribution in [0.4, 0.5) is 10.2 Å². The molecule has 1 aromatic heterocycles. The van der Waals surface area contributed by atoms with E-state index in [-0.39, 0.29) is 17.0 Å². The molecule has 1 aliphatic heterocycles. The maximum atomic E-state index is 14.2. The van der Waals surface area contributed by atoms with Crippen molar-refractivity contribution in [1.82, 2.24) is 4.98 Å². The second-order valence-corrected chi connectivity index (χ2v) is 5.11. The van der Waals surface area contributed by atoms with Gasteiger partial charge in [0.25, 0.3) is 5.91 Å². The number of hydrogen-bond donors (Lipinski definition) is 1. The molecule has 0 fully saturated rings. The Morgan fingerprint density at radius 3 is 2.52 bits per heavy atom. The Labute approximate surface area is 131 Å². The molecule has 0 spiro atoms. The third kappa shape index (κ3) is 2.38. The number of anilines is 1. The fraction of sp³-hybridized carbons (Fsp3) is 0.118. The molecule has 0 aliphatic carbocycles. The van der Waals surface area contributed by atoms with Crippen LogP contribution in [0.1, 0.15) is 18.5 Å². The van der Waals surface area contributed by atoms with Crippen LogP contribution in [0, 0.1) is 5.82 Å². The monoisotopic (exact) mass is 312 g/mol. The average molecular weight is 312 g/mol. The minimum atomic E-state index is -1.05. The molecule has 3 rings (SSSR count). The largest absolute Gasteiger partial charge is 0.503 e. The van der Waals surface area contributed by atoms with E-state index in [1.54, 1.807) is 24.3 Å². The van der Waals surface area contributed by atoms with Gasteiger partial charge in [-0.2, -0.15) is 0 Å². The van der Waals surface area contributed by atoms with Gasteiger partial charge in [0.15, 0.2) is 11.5 Å². The zero-order valence-corrected chi connectivity index (χ0v) is 12.2. The molecular formula is C17H13FN2O3. The van der Waals surface area contributed by atoms with E-state index in [1.165, 1.54) is 31.3 Å². The third-order valence-corrected chi connectivity index (χ3v) is 3.68. The zero-order chi connectivity index (χ0) is 16.6. The molecule has 1 unspecified atom stereocenters. The number of nitrogens with zero attached hydrogens (tertiary/aromatic N) is 2. The van der Waals surface area contributed by atoms with Crippen molar-refractivity contribution < 1.29 is 19.1 Å². The van der Waals surface area contributed by atoms with Gasteiger partial charge < -0.3 is 5.11 Å². The van der Waals surface area contributed by atoms with E-state index in [2.05, 4.69) is 4.98 Å². The van der Waals surface area contributed by atoms with Gasteiger partial charge in [-0.1, -0.05) is 24.3 Å². The summed E-state index contributed by atoms with van der Waals surface area (Å²) in [6.45, 7) is 1.23. The molecule has 1 atom stereocenters. The molecule has 0 bridgehead atoms. The number of Topliss-reactive ketones (excluding diaryl/α,β-unsaturated/α-hetero) is 1. The average Bonchev–Trinajstić information content (AvgIpc) is 2.80. The first-order valence-electron chi connectivity index (χ1n) is 6.95. The van der Waals surface area contributed by atoms with Gasteiger partial charge in [-0.25, -0.2) is 9.37 Å². The first kappa shape index (κ1) is 14.9. The lowest BCUT2D eigenvalue weighted by Crippen LogP contribution is -2.32. The van der Waals surface area contributed by atoms with Gasteiger partial charge in [0.2, 0.25) is 0 Å². The highest BCUT2D eigenvalue weighted by molar-refractivity contribution is 6.15. The number of ketones is 1. The summed E-state index contributed by atoms with van der Waals surface area (Å²) >= 11 is 0. The van der Waals surface area contributed by atoms with Gasteiger partial charge in [0.05, 0.1) is 11.6 Å². The van der Waals surface area contributed by atoms with Crippen LogP contribution in [0.5, 0.6) is 0 Å². The molecular weight excluding hydrogens is 299 g/mol. The van der Waals surface area contributed by atoms with E-state index < -0.39 is 29.3 Å². The van der Waals surface area contributed by atoms with E-state index in [1.807, 2.05) is 0 Å². The molecule has 23 heavy (non-hydrogen) atoms. The van der Waals surface area contributed by atoms with Crippen LogP contribution in [-0.4, -0.2) is 21.8 Å². The second kappa shape index (κ2) is 5.64. The van der Waals surface area contributed by atoms with E-state index in [4.69, 9.17) is 0 Å². The SMILES string of the molecule is CC(=O)C1=C(O)C(=O)N(c2ccccn2)C1c1ccccc1F. The fourth-order valence-electron chi connectivity index (χ4n) is 2.69. The second-order valence-electron chi connectivity index (χ2n) is 5.11. The zero-order valence-electron chi connectivity index (χ0n) is 12.2. The van der Waals surface area contributed by atoms with Crippen molar-refractivity contribution in [2.45, 2.75) is 13.0 Å². The molecule has 1 aromatic carbocycles. The van der Waals surface area contributed by atoms with E-state index >= 15 is 0 Å². The van der Waals surface area contributed by atoms with Crippen LogP contribution < -0.4 is 4.90 Å². The highest BCUT2D eigenvalue weighted by Gasteiger charge is 2.44. The lowest BCUT2D eigenvalue weighted by molar-refractivity contribution is -0.117. The molecule has 6 heteroatoms. The van der Waals surface area contributed by atoms with Crippen LogP contribution in [0.2, 0.25) is 0 Å². The number of benzene rings is 1. The van der Waals surface area contributed by atoms with Crippen LogP contribution >= 0.6 is 0 Å². The van der Waals surface area contributed by atoms with E-state index in [9.17, 15) is 19.1 Å². The number of hydrogen-bond acceptors (Lipinski definition) is 4. The Morgan fingerprint density at radius 1 is 1.22 bits per heavy atom. The Morgan fingerprint density at radius 2 is 1.91 bits per heavy atom. The van der Waals surface area contributed by atoms with E-state index in [0.29, 0.717) is 0 Å². The quantitative estimate of drug-likeness (QED) is 0.946. The van der Waals surface area contributed by atoms with Gasteiger partial charge in [-0.05, 0) is 25.1 Å². The summed E-state index contributed by atoms with van der Waals surface area (Å²) < 4.78 is 14.2. The molecule has 5 nitrogen and oxygen atoms in total. The molecule has 116 valence electrons. The number of halogens is 1. The Hall–Kier alpha value is -3.02. The summed E-state index contributed by atoms with van der Waals surface area (Å²) in [7, 11) is 0. The Balaban J connectivity index is 2.22. The minimum absolute atomic E-state index is 0.126. The van der Waals surface area contributed by atoms with Crippen molar-refractivity contribution in [2.24, 2.45) is 0 Å². The summed E-state index contributed by atoms with van der Waals surface area (Å²) in [6.07, 6.45) is 1.48. The number of aliphatic hydroxyl groups is 1. The summed E-state index contributed by atoms with van der Waals surface area (Å²) in [6, 6.07) is 9.68. The van der Waals surface area contributed by atoms with Crippen LogP contribution in [0.3, 0.4) is 0 Å². The summed E-state index contributed by atoms with van der Waals surface area (Å²) in [5.74, 6) is -2.28. The first-order chi connectivity index (χ1) is 11.0. The molecule has 1 amide bonds. The van der Waals surface area contributed by atoms with Crippen LogP contribution in [0.15, 0.2) is 60.0 Å². The topological polar surface area (TPSA) is 70.5 Å². The van der Waals surface area contributed by atoms with Crippen LogP contribution in [0.25, 0.3) is 0 Å². The van der Waals surface area contributed by atoms with Gasteiger partial charge in [-0.15, -0.1) is 0 Å². The number of carbonyl (C=O) groups excluding carboxylic acids is 2. The standard InChI is InChI=1S/C17H13FN2O3/c1-10(21)14-15(11-6-2-3-7-12(11)18)20(17(23)16(14)22)13-8-4-5-9-19-13/h2-9,15,22H,1H3. The van der Waals surface area contributed by atoms with Crippen molar-refractivity contribution in [3.8, 4) is 0 Å². The fourth-order valence-corrected chi connectivity index (χ4v) is 2.69. The molecule has 2 aromatic rings. The molecule has 1 N–H and O–H groups in total. The van der Waals surface area contributed by atoms with Crippen molar-refractivity contribution in [3.05, 3.63) is 71.4 Å². The number of aromatic nitrogens is 1. The van der Waals surface area contributed by atoms with Gasteiger partial charge >= 0.3 is 0 Å².